The van der Waals surface area contributed by atoms with E-state index < -0.39 is 0 Å². The second kappa shape index (κ2) is 5.16. The lowest BCUT2D eigenvalue weighted by molar-refractivity contribution is 0.325. The van der Waals surface area contributed by atoms with Gasteiger partial charge in [0.2, 0.25) is 0 Å². The zero-order valence-corrected chi connectivity index (χ0v) is 12.5. The second-order valence-electron chi connectivity index (χ2n) is 6.60. The van der Waals surface area contributed by atoms with Gasteiger partial charge in [0.25, 0.3) is 0 Å². The Morgan fingerprint density at radius 3 is 2.26 bits per heavy atom. The Kier molecular flexibility index (Phi) is 3.74. The zero-order valence-electron chi connectivity index (χ0n) is 12.5. The molecule has 0 fully saturated rings. The van der Waals surface area contributed by atoms with Crippen LogP contribution in [-0.2, 0) is 6.54 Å². The topological polar surface area (TPSA) is 30.7 Å². The van der Waals surface area contributed by atoms with E-state index in [0.717, 1.165) is 17.9 Å². The maximum atomic E-state index is 4.55. The first-order valence-corrected chi connectivity index (χ1v) is 6.85. The van der Waals surface area contributed by atoms with Crippen LogP contribution in [0.15, 0.2) is 30.6 Å². The maximum absolute atomic E-state index is 4.55. The molecule has 0 spiro atoms. The van der Waals surface area contributed by atoms with Gasteiger partial charge >= 0.3 is 0 Å². The standard InChI is InChI=1S/C16H23N3/c1-12(2)13-6-8-14(9-7-13)15-17-11-19(18-15)10-16(3,4)5/h6-9,11-12H,10H2,1-5H3. The summed E-state index contributed by atoms with van der Waals surface area (Å²) in [4.78, 5) is 4.40. The average Bonchev–Trinajstić information content (AvgIpc) is 2.75. The van der Waals surface area contributed by atoms with Crippen molar-refractivity contribution < 1.29 is 0 Å². The lowest BCUT2D eigenvalue weighted by Crippen LogP contribution is -2.15. The van der Waals surface area contributed by atoms with Crippen molar-refractivity contribution in [3.8, 4) is 11.4 Å². The number of aromatic nitrogens is 3. The fraction of sp³-hybridized carbons (Fsp3) is 0.500. The minimum atomic E-state index is 0.215. The van der Waals surface area contributed by atoms with E-state index in [9.17, 15) is 0 Å². The van der Waals surface area contributed by atoms with E-state index in [1.54, 1.807) is 0 Å². The molecule has 1 aromatic heterocycles. The molecule has 102 valence electrons. The molecule has 0 unspecified atom stereocenters. The third-order valence-electron chi connectivity index (χ3n) is 3.01. The van der Waals surface area contributed by atoms with Crippen LogP contribution in [0.3, 0.4) is 0 Å². The largest absolute Gasteiger partial charge is 0.252 e. The van der Waals surface area contributed by atoms with Crippen LogP contribution in [0.4, 0.5) is 0 Å². The molecule has 0 amide bonds. The molecule has 0 N–H and O–H groups in total. The van der Waals surface area contributed by atoms with Crippen molar-refractivity contribution >= 4 is 0 Å². The quantitative estimate of drug-likeness (QED) is 0.828. The first-order chi connectivity index (χ1) is 8.85. The van der Waals surface area contributed by atoms with Gasteiger partial charge in [0, 0.05) is 12.1 Å². The van der Waals surface area contributed by atoms with Crippen LogP contribution in [0.1, 0.15) is 46.1 Å². The van der Waals surface area contributed by atoms with Gasteiger partial charge in [-0.05, 0) is 16.9 Å². The third kappa shape index (κ3) is 3.66. The predicted molar refractivity (Wildman–Crippen MR) is 79.0 cm³/mol. The molecule has 0 saturated carbocycles. The van der Waals surface area contributed by atoms with Crippen molar-refractivity contribution in [1.82, 2.24) is 14.8 Å². The van der Waals surface area contributed by atoms with E-state index in [1.807, 2.05) is 11.0 Å². The highest BCUT2D eigenvalue weighted by Gasteiger charge is 2.13. The van der Waals surface area contributed by atoms with Crippen LogP contribution < -0.4 is 0 Å². The van der Waals surface area contributed by atoms with Crippen LogP contribution in [-0.4, -0.2) is 14.8 Å². The van der Waals surface area contributed by atoms with Gasteiger partial charge in [0.05, 0.1) is 0 Å². The van der Waals surface area contributed by atoms with E-state index in [4.69, 9.17) is 0 Å². The lowest BCUT2D eigenvalue weighted by Gasteiger charge is -2.16. The zero-order chi connectivity index (χ0) is 14.0. The SMILES string of the molecule is CC(C)c1ccc(-c2ncn(CC(C)(C)C)n2)cc1. The summed E-state index contributed by atoms with van der Waals surface area (Å²) in [5.41, 5.74) is 2.64. The van der Waals surface area contributed by atoms with Crippen LogP contribution >= 0.6 is 0 Å². The van der Waals surface area contributed by atoms with Crippen molar-refractivity contribution in [1.29, 1.82) is 0 Å². The molecule has 0 aliphatic heterocycles. The molecule has 2 rings (SSSR count). The first-order valence-electron chi connectivity index (χ1n) is 6.85. The molecular weight excluding hydrogens is 234 g/mol. The third-order valence-corrected chi connectivity index (χ3v) is 3.01. The molecule has 1 heterocycles. The van der Waals surface area contributed by atoms with Crippen LogP contribution in [0, 0.1) is 5.41 Å². The van der Waals surface area contributed by atoms with Crippen molar-refractivity contribution in [2.24, 2.45) is 5.41 Å². The monoisotopic (exact) mass is 257 g/mol. The molecule has 0 aliphatic rings. The Morgan fingerprint density at radius 2 is 1.74 bits per heavy atom. The molecule has 19 heavy (non-hydrogen) atoms. The summed E-state index contributed by atoms with van der Waals surface area (Å²) in [5, 5.41) is 4.55. The maximum Gasteiger partial charge on any atom is 0.181 e. The van der Waals surface area contributed by atoms with Gasteiger partial charge in [0.15, 0.2) is 5.82 Å². The molecule has 2 aromatic rings. The van der Waals surface area contributed by atoms with Crippen molar-refractivity contribution in [3.63, 3.8) is 0 Å². The van der Waals surface area contributed by atoms with Gasteiger partial charge in [-0.2, -0.15) is 5.10 Å². The van der Waals surface area contributed by atoms with E-state index in [0.29, 0.717) is 5.92 Å². The Labute approximate surface area is 115 Å². The molecule has 3 nitrogen and oxygen atoms in total. The van der Waals surface area contributed by atoms with E-state index in [2.05, 4.69) is 69.0 Å². The Balaban J connectivity index is 2.18. The summed E-state index contributed by atoms with van der Waals surface area (Å²) in [6.45, 7) is 11.9. The van der Waals surface area contributed by atoms with Gasteiger partial charge in [0.1, 0.15) is 6.33 Å². The highest BCUT2D eigenvalue weighted by atomic mass is 15.3. The molecule has 1 aromatic carbocycles. The molecule has 0 aliphatic carbocycles. The summed E-state index contributed by atoms with van der Waals surface area (Å²) in [5.74, 6) is 1.36. The van der Waals surface area contributed by atoms with Crippen LogP contribution in [0.25, 0.3) is 11.4 Å². The highest BCUT2D eigenvalue weighted by molar-refractivity contribution is 5.54. The first kappa shape index (κ1) is 13.8. The number of rotatable bonds is 3. The summed E-state index contributed by atoms with van der Waals surface area (Å²) >= 11 is 0. The summed E-state index contributed by atoms with van der Waals surface area (Å²) in [6.07, 6.45) is 1.82. The summed E-state index contributed by atoms with van der Waals surface area (Å²) in [6, 6.07) is 8.52. The van der Waals surface area contributed by atoms with Crippen molar-refractivity contribution in [2.45, 2.75) is 47.1 Å². The van der Waals surface area contributed by atoms with E-state index in [-0.39, 0.29) is 5.41 Å². The van der Waals surface area contributed by atoms with Crippen molar-refractivity contribution in [2.75, 3.05) is 0 Å². The minimum absolute atomic E-state index is 0.215. The van der Waals surface area contributed by atoms with Gasteiger partial charge < -0.3 is 0 Å². The van der Waals surface area contributed by atoms with Gasteiger partial charge in [-0.1, -0.05) is 58.9 Å². The average molecular weight is 257 g/mol. The lowest BCUT2D eigenvalue weighted by atomic mass is 9.97. The Hall–Kier alpha value is -1.64. The molecule has 3 heteroatoms. The Morgan fingerprint density at radius 1 is 1.11 bits per heavy atom. The predicted octanol–water partition coefficient (Wildman–Crippen LogP) is 4.11. The normalized spacial score (nSPS) is 12.1. The molecule has 0 bridgehead atoms. The molecule has 0 radical (unpaired) electrons. The highest BCUT2D eigenvalue weighted by Crippen LogP contribution is 2.21. The molecule has 0 saturated heterocycles. The van der Waals surface area contributed by atoms with E-state index >= 15 is 0 Å². The van der Waals surface area contributed by atoms with Crippen LogP contribution in [0.5, 0.6) is 0 Å². The van der Waals surface area contributed by atoms with E-state index in [1.165, 1.54) is 5.56 Å². The Bertz CT molecular complexity index is 530. The smallest absolute Gasteiger partial charge is 0.181 e. The number of hydrogen-bond donors (Lipinski definition) is 0. The molecule has 0 atom stereocenters. The number of nitrogens with zero attached hydrogens (tertiary/aromatic N) is 3. The van der Waals surface area contributed by atoms with Crippen molar-refractivity contribution in [3.05, 3.63) is 36.2 Å². The minimum Gasteiger partial charge on any atom is -0.252 e. The number of hydrogen-bond acceptors (Lipinski definition) is 2. The van der Waals surface area contributed by atoms with Gasteiger partial charge in [-0.25, -0.2) is 4.98 Å². The fourth-order valence-electron chi connectivity index (χ4n) is 2.01. The number of benzene rings is 1. The summed E-state index contributed by atoms with van der Waals surface area (Å²) < 4.78 is 1.92. The van der Waals surface area contributed by atoms with Crippen LogP contribution in [0.2, 0.25) is 0 Å². The second-order valence-corrected chi connectivity index (χ2v) is 6.60. The van der Waals surface area contributed by atoms with Gasteiger partial charge in [-0.3, -0.25) is 4.68 Å². The fourth-order valence-corrected chi connectivity index (χ4v) is 2.01. The summed E-state index contributed by atoms with van der Waals surface area (Å²) in [7, 11) is 0. The molecular formula is C16H23N3. The van der Waals surface area contributed by atoms with Gasteiger partial charge in [-0.15, -0.1) is 0 Å².